The van der Waals surface area contributed by atoms with Crippen molar-refractivity contribution in [2.75, 3.05) is 33.2 Å². The lowest BCUT2D eigenvalue weighted by molar-refractivity contribution is 0.0472. The fourth-order valence-corrected chi connectivity index (χ4v) is 2.92. The Morgan fingerprint density at radius 3 is 2.57 bits per heavy atom. The van der Waals surface area contributed by atoms with E-state index in [2.05, 4.69) is 18.4 Å². The number of quaternary nitrogens is 1. The summed E-state index contributed by atoms with van der Waals surface area (Å²) < 4.78 is 6.29. The van der Waals surface area contributed by atoms with Gasteiger partial charge in [-0.1, -0.05) is 36.4 Å². The molecule has 3 rings (SSSR count). The molecule has 0 saturated carbocycles. The SMILES string of the molecule is C[N+]1(c2cccc(C(=O)OCc3ccccc3)c2)CCNCC1. The first-order chi connectivity index (χ1) is 11.2. The topological polar surface area (TPSA) is 38.3 Å². The van der Waals surface area contributed by atoms with E-state index in [1.807, 2.05) is 48.5 Å². The third kappa shape index (κ3) is 3.78. The molecule has 1 fully saturated rings. The van der Waals surface area contributed by atoms with E-state index in [-0.39, 0.29) is 5.97 Å². The average molecular weight is 311 g/mol. The van der Waals surface area contributed by atoms with Crippen LogP contribution in [0, 0.1) is 0 Å². The summed E-state index contributed by atoms with van der Waals surface area (Å²) in [4.78, 5) is 12.3. The molecule has 0 aliphatic carbocycles. The normalized spacial score (nSPS) is 16.7. The Hall–Kier alpha value is -2.17. The summed E-state index contributed by atoms with van der Waals surface area (Å²) in [5.74, 6) is -0.266. The lowest BCUT2D eigenvalue weighted by atomic mass is 10.1. The predicted octanol–water partition coefficient (Wildman–Crippen LogP) is 2.58. The van der Waals surface area contributed by atoms with Crippen LogP contribution in [-0.2, 0) is 11.3 Å². The van der Waals surface area contributed by atoms with Crippen molar-refractivity contribution in [3.8, 4) is 0 Å². The molecular weight excluding hydrogens is 288 g/mol. The van der Waals surface area contributed by atoms with E-state index in [4.69, 9.17) is 4.74 Å². The van der Waals surface area contributed by atoms with Gasteiger partial charge in [0.2, 0.25) is 0 Å². The summed E-state index contributed by atoms with van der Waals surface area (Å²) in [7, 11) is 2.22. The van der Waals surface area contributed by atoms with Crippen LogP contribution in [0.3, 0.4) is 0 Å². The second-order valence-electron chi connectivity index (χ2n) is 6.21. The molecule has 0 aromatic heterocycles. The Bertz CT molecular complexity index is 664. The number of carbonyl (C=O) groups is 1. The van der Waals surface area contributed by atoms with Gasteiger partial charge in [0, 0.05) is 19.2 Å². The Labute approximate surface area is 137 Å². The highest BCUT2D eigenvalue weighted by atomic mass is 16.5. The number of nitrogens with zero attached hydrogens (tertiary/aromatic N) is 1. The van der Waals surface area contributed by atoms with Crippen LogP contribution in [0.5, 0.6) is 0 Å². The molecular formula is C19H23N2O2+. The van der Waals surface area contributed by atoms with E-state index in [0.717, 1.165) is 36.2 Å². The van der Waals surface area contributed by atoms with E-state index in [1.54, 1.807) is 0 Å². The van der Waals surface area contributed by atoms with Gasteiger partial charge in [0.1, 0.15) is 12.3 Å². The number of benzene rings is 2. The molecule has 2 aromatic carbocycles. The fourth-order valence-electron chi connectivity index (χ4n) is 2.92. The number of nitrogens with one attached hydrogen (secondary N) is 1. The first-order valence-corrected chi connectivity index (χ1v) is 8.04. The molecule has 1 N–H and O–H groups in total. The summed E-state index contributed by atoms with van der Waals surface area (Å²) >= 11 is 0. The van der Waals surface area contributed by atoms with Crippen molar-refractivity contribution in [2.45, 2.75) is 6.61 Å². The average Bonchev–Trinajstić information content (AvgIpc) is 2.61. The zero-order valence-electron chi connectivity index (χ0n) is 13.5. The van der Waals surface area contributed by atoms with Crippen molar-refractivity contribution in [3.63, 3.8) is 0 Å². The van der Waals surface area contributed by atoms with E-state index >= 15 is 0 Å². The molecule has 1 heterocycles. The molecule has 0 spiro atoms. The number of carbonyl (C=O) groups excluding carboxylic acids is 1. The molecule has 4 nitrogen and oxygen atoms in total. The van der Waals surface area contributed by atoms with Crippen LogP contribution in [0.4, 0.5) is 5.69 Å². The molecule has 0 atom stereocenters. The van der Waals surface area contributed by atoms with Gasteiger partial charge in [-0.25, -0.2) is 4.79 Å². The Morgan fingerprint density at radius 2 is 1.83 bits per heavy atom. The molecule has 2 aromatic rings. The zero-order chi connectivity index (χ0) is 16.1. The summed E-state index contributed by atoms with van der Waals surface area (Å²) in [5.41, 5.74) is 2.79. The van der Waals surface area contributed by atoms with Crippen molar-refractivity contribution in [1.82, 2.24) is 9.80 Å². The van der Waals surface area contributed by atoms with Crippen LogP contribution in [0.25, 0.3) is 0 Å². The second-order valence-corrected chi connectivity index (χ2v) is 6.21. The second kappa shape index (κ2) is 6.94. The van der Waals surface area contributed by atoms with Crippen LogP contribution in [0.1, 0.15) is 15.9 Å². The van der Waals surface area contributed by atoms with Crippen LogP contribution in [0.15, 0.2) is 54.6 Å². The predicted molar refractivity (Wildman–Crippen MR) is 92.3 cm³/mol. The van der Waals surface area contributed by atoms with Gasteiger partial charge in [-0.15, -0.1) is 0 Å². The summed E-state index contributed by atoms with van der Waals surface area (Å²) in [6.45, 7) is 4.36. The third-order valence-corrected chi connectivity index (χ3v) is 4.48. The fraction of sp³-hybridized carbons (Fsp3) is 0.316. The number of likely N-dealkylation sites (N-methyl/N-ethyl adjacent to an activating group) is 1. The zero-order valence-corrected chi connectivity index (χ0v) is 13.5. The van der Waals surface area contributed by atoms with Gasteiger partial charge in [-0.2, -0.15) is 0 Å². The minimum Gasteiger partial charge on any atom is -0.457 e. The smallest absolute Gasteiger partial charge is 0.338 e. The van der Waals surface area contributed by atoms with Gasteiger partial charge in [0.05, 0.1) is 25.7 Å². The van der Waals surface area contributed by atoms with Crippen LogP contribution in [-0.4, -0.2) is 39.2 Å². The van der Waals surface area contributed by atoms with Gasteiger partial charge in [-0.3, -0.25) is 4.48 Å². The van der Waals surface area contributed by atoms with Crippen molar-refractivity contribution in [1.29, 1.82) is 0 Å². The summed E-state index contributed by atoms with van der Waals surface area (Å²) in [6, 6.07) is 17.6. The molecule has 4 heteroatoms. The van der Waals surface area contributed by atoms with Crippen molar-refractivity contribution in [2.24, 2.45) is 0 Å². The molecule has 1 aliphatic heterocycles. The minimum absolute atomic E-state index is 0.266. The number of hydrogen-bond donors (Lipinski definition) is 1. The standard InChI is InChI=1S/C19H23N2O2/c1-21(12-10-20-11-13-21)18-9-5-8-17(14-18)19(22)23-15-16-6-3-2-4-7-16/h2-9,14,20H,10-13,15H2,1H3/q+1. The minimum atomic E-state index is -0.266. The van der Waals surface area contributed by atoms with E-state index < -0.39 is 0 Å². The molecule has 23 heavy (non-hydrogen) atoms. The molecule has 120 valence electrons. The van der Waals surface area contributed by atoms with Crippen molar-refractivity contribution < 1.29 is 9.53 Å². The molecule has 0 bridgehead atoms. The molecule has 0 unspecified atom stereocenters. The van der Waals surface area contributed by atoms with Crippen molar-refractivity contribution in [3.05, 3.63) is 65.7 Å². The highest BCUT2D eigenvalue weighted by Gasteiger charge is 2.28. The van der Waals surface area contributed by atoms with Gasteiger partial charge in [-0.05, 0) is 17.7 Å². The maximum absolute atomic E-state index is 12.3. The first kappa shape index (κ1) is 15.7. The van der Waals surface area contributed by atoms with Gasteiger partial charge >= 0.3 is 5.97 Å². The van der Waals surface area contributed by atoms with Gasteiger partial charge in [0.25, 0.3) is 0 Å². The quantitative estimate of drug-likeness (QED) is 0.697. The Kier molecular flexibility index (Phi) is 4.74. The van der Waals surface area contributed by atoms with Crippen LogP contribution < -0.4 is 9.80 Å². The van der Waals surface area contributed by atoms with Crippen LogP contribution >= 0.6 is 0 Å². The first-order valence-electron chi connectivity index (χ1n) is 8.04. The van der Waals surface area contributed by atoms with Crippen LogP contribution in [0.2, 0.25) is 0 Å². The highest BCUT2D eigenvalue weighted by Crippen LogP contribution is 2.23. The monoisotopic (exact) mass is 311 g/mol. The molecule has 1 saturated heterocycles. The van der Waals surface area contributed by atoms with Gasteiger partial charge < -0.3 is 10.1 Å². The molecule has 0 radical (unpaired) electrons. The number of ether oxygens (including phenoxy) is 1. The van der Waals surface area contributed by atoms with E-state index in [9.17, 15) is 4.79 Å². The largest absolute Gasteiger partial charge is 0.457 e. The maximum atomic E-state index is 12.3. The third-order valence-electron chi connectivity index (χ3n) is 4.48. The number of esters is 1. The van der Waals surface area contributed by atoms with Crippen molar-refractivity contribution >= 4 is 11.7 Å². The summed E-state index contributed by atoms with van der Waals surface area (Å²) in [5, 5.41) is 3.38. The Balaban J connectivity index is 1.70. The highest BCUT2D eigenvalue weighted by molar-refractivity contribution is 5.90. The number of piperazine rings is 1. The number of rotatable bonds is 4. The number of hydrogen-bond acceptors (Lipinski definition) is 3. The Morgan fingerprint density at radius 1 is 1.09 bits per heavy atom. The molecule has 1 aliphatic rings. The summed E-state index contributed by atoms with van der Waals surface area (Å²) in [6.07, 6.45) is 0. The maximum Gasteiger partial charge on any atom is 0.338 e. The van der Waals surface area contributed by atoms with E-state index in [0.29, 0.717) is 12.2 Å². The lowest BCUT2D eigenvalue weighted by Crippen LogP contribution is -2.57. The van der Waals surface area contributed by atoms with Gasteiger partial charge in [0.15, 0.2) is 0 Å². The lowest BCUT2D eigenvalue weighted by Gasteiger charge is -2.37. The van der Waals surface area contributed by atoms with E-state index in [1.165, 1.54) is 5.69 Å². The molecule has 0 amide bonds.